The number of benzene rings is 1. The summed E-state index contributed by atoms with van der Waals surface area (Å²) in [4.78, 5) is 30.6. The molecule has 202 valence electrons. The third-order valence-corrected chi connectivity index (χ3v) is 5.98. The van der Waals surface area contributed by atoms with E-state index >= 15 is 0 Å². The number of anilines is 1. The summed E-state index contributed by atoms with van der Waals surface area (Å²) >= 11 is 0. The molecule has 2 amide bonds. The number of carbonyl (C=O) groups excluding carboxylic acids is 2. The summed E-state index contributed by atoms with van der Waals surface area (Å²) in [6.07, 6.45) is -5.25. The largest absolute Gasteiger partial charge is 0.444 e. The van der Waals surface area contributed by atoms with Crippen molar-refractivity contribution in [2.45, 2.75) is 58.9 Å². The summed E-state index contributed by atoms with van der Waals surface area (Å²) in [6.45, 7) is 9.00. The number of rotatable bonds is 4. The smallest absolute Gasteiger partial charge is 0.433 e. The second-order valence-electron chi connectivity index (χ2n) is 10.2. The van der Waals surface area contributed by atoms with E-state index in [0.29, 0.717) is 16.9 Å². The Morgan fingerprint density at radius 2 is 1.74 bits per heavy atom. The van der Waals surface area contributed by atoms with Gasteiger partial charge in [0.2, 0.25) is 11.8 Å². The van der Waals surface area contributed by atoms with Crippen molar-refractivity contribution in [3.8, 4) is 17.3 Å². The number of hydrogen-bond donors (Lipinski definition) is 1. The predicted molar refractivity (Wildman–Crippen MR) is 135 cm³/mol. The molecule has 1 aliphatic heterocycles. The third-order valence-electron chi connectivity index (χ3n) is 5.98. The van der Waals surface area contributed by atoms with Gasteiger partial charge in [0.15, 0.2) is 5.75 Å². The number of amides is 2. The molecule has 38 heavy (non-hydrogen) atoms. The van der Waals surface area contributed by atoms with Crippen molar-refractivity contribution in [3.63, 3.8) is 0 Å². The number of halogens is 3. The van der Waals surface area contributed by atoms with Gasteiger partial charge in [-0.3, -0.25) is 4.79 Å². The Morgan fingerprint density at radius 1 is 1.08 bits per heavy atom. The molecule has 0 aliphatic carbocycles. The molecule has 0 saturated heterocycles. The number of aromatic nitrogens is 2. The highest BCUT2D eigenvalue weighted by atomic mass is 19.4. The van der Waals surface area contributed by atoms with Crippen LogP contribution in [0.15, 0.2) is 42.5 Å². The van der Waals surface area contributed by atoms with E-state index in [2.05, 4.69) is 10.3 Å². The summed E-state index contributed by atoms with van der Waals surface area (Å²) in [5.74, 6) is -0.537. The Balaban J connectivity index is 1.79. The molecular formula is C27H29F3N4O4. The topological polar surface area (TPSA) is 85.7 Å². The Kier molecular flexibility index (Phi) is 6.90. The van der Waals surface area contributed by atoms with E-state index in [1.165, 1.54) is 24.1 Å². The van der Waals surface area contributed by atoms with E-state index in [1.807, 2.05) is 36.6 Å². The van der Waals surface area contributed by atoms with Crippen LogP contribution in [0.5, 0.6) is 11.6 Å². The lowest BCUT2D eigenvalue weighted by Gasteiger charge is -2.34. The summed E-state index contributed by atoms with van der Waals surface area (Å²) in [5.41, 5.74) is 1.72. The molecule has 8 nitrogen and oxygen atoms in total. The summed E-state index contributed by atoms with van der Waals surface area (Å²) in [6, 6.07) is 9.87. The summed E-state index contributed by atoms with van der Waals surface area (Å²) in [5, 5.41) is 2.63. The van der Waals surface area contributed by atoms with Crippen molar-refractivity contribution >= 4 is 17.7 Å². The predicted octanol–water partition coefficient (Wildman–Crippen LogP) is 5.71. The van der Waals surface area contributed by atoms with Gasteiger partial charge in [-0.1, -0.05) is 6.07 Å². The second-order valence-corrected chi connectivity index (χ2v) is 10.2. The molecule has 2 aromatic heterocycles. The fourth-order valence-corrected chi connectivity index (χ4v) is 4.42. The first-order valence-electron chi connectivity index (χ1n) is 12.0. The van der Waals surface area contributed by atoms with Crippen LogP contribution in [0.3, 0.4) is 0 Å². The number of nitrogens with one attached hydrogen (secondary N) is 1. The quantitative estimate of drug-likeness (QED) is 0.467. The van der Waals surface area contributed by atoms with Gasteiger partial charge < -0.3 is 24.3 Å². The van der Waals surface area contributed by atoms with Crippen LogP contribution in [0.2, 0.25) is 0 Å². The van der Waals surface area contributed by atoms with E-state index in [1.54, 1.807) is 26.8 Å². The molecule has 3 aromatic rings. The molecule has 1 N–H and O–H groups in total. The molecule has 0 spiro atoms. The molecule has 1 aromatic carbocycles. The molecular weight excluding hydrogens is 501 g/mol. The molecule has 4 rings (SSSR count). The summed E-state index contributed by atoms with van der Waals surface area (Å²) in [7, 11) is 1.52. The lowest BCUT2D eigenvalue weighted by Crippen LogP contribution is -2.52. The van der Waals surface area contributed by atoms with Crippen LogP contribution in [0.25, 0.3) is 5.69 Å². The molecule has 1 aliphatic rings. The first-order chi connectivity index (χ1) is 17.6. The van der Waals surface area contributed by atoms with E-state index in [0.717, 1.165) is 17.5 Å². The first-order valence-corrected chi connectivity index (χ1v) is 12.0. The number of likely N-dealkylation sites (N-methyl/N-ethyl adjacent to an activating group) is 1. The number of aryl methyl sites for hydroxylation is 2. The van der Waals surface area contributed by atoms with E-state index in [9.17, 15) is 22.8 Å². The van der Waals surface area contributed by atoms with Gasteiger partial charge in [0, 0.05) is 42.7 Å². The normalized spacial score (nSPS) is 15.8. The minimum atomic E-state index is -4.65. The van der Waals surface area contributed by atoms with Gasteiger partial charge in [-0.15, -0.1) is 0 Å². The Bertz CT molecular complexity index is 1370. The van der Waals surface area contributed by atoms with Crippen LogP contribution in [0, 0.1) is 13.8 Å². The van der Waals surface area contributed by atoms with Crippen LogP contribution >= 0.6 is 0 Å². The van der Waals surface area contributed by atoms with Crippen molar-refractivity contribution in [1.82, 2.24) is 14.9 Å². The number of hydrogen-bond acceptors (Lipinski definition) is 5. The van der Waals surface area contributed by atoms with Crippen molar-refractivity contribution < 1.29 is 32.2 Å². The van der Waals surface area contributed by atoms with Gasteiger partial charge in [-0.2, -0.15) is 13.2 Å². The number of alkyl carbamates (subject to hydrolysis) is 1. The fraction of sp³-hybridized carbons (Fsp3) is 0.370. The van der Waals surface area contributed by atoms with Gasteiger partial charge >= 0.3 is 12.3 Å². The van der Waals surface area contributed by atoms with E-state index in [4.69, 9.17) is 9.47 Å². The average Bonchev–Trinajstić information content (AvgIpc) is 3.13. The lowest BCUT2D eigenvalue weighted by molar-refractivity contribution is -0.141. The Morgan fingerprint density at radius 3 is 2.34 bits per heavy atom. The zero-order valence-electron chi connectivity index (χ0n) is 21.9. The molecule has 11 heteroatoms. The van der Waals surface area contributed by atoms with Crippen LogP contribution < -0.4 is 15.0 Å². The van der Waals surface area contributed by atoms with Crippen LogP contribution in [0.1, 0.15) is 43.4 Å². The van der Waals surface area contributed by atoms with Crippen molar-refractivity contribution in [2.75, 3.05) is 11.9 Å². The first kappa shape index (κ1) is 27.0. The number of alkyl halides is 3. The SMILES string of the molecule is Cc1ccc(C)n1-c1cc2c(c(Oc3cccc(C(F)(F)F)n3)c1)N(C)C(=O)C(NC(=O)OC(C)(C)C)C2. The van der Waals surface area contributed by atoms with Gasteiger partial charge in [0.1, 0.15) is 17.3 Å². The molecule has 1 unspecified atom stereocenters. The van der Waals surface area contributed by atoms with Crippen molar-refractivity contribution in [1.29, 1.82) is 0 Å². The minimum Gasteiger partial charge on any atom is -0.444 e. The van der Waals surface area contributed by atoms with Gasteiger partial charge in [-0.05, 0) is 64.4 Å². The molecule has 0 bridgehead atoms. The maximum atomic E-state index is 13.3. The van der Waals surface area contributed by atoms with Crippen molar-refractivity contribution in [3.05, 3.63) is 65.1 Å². The highest BCUT2D eigenvalue weighted by Gasteiger charge is 2.36. The molecule has 1 atom stereocenters. The lowest BCUT2D eigenvalue weighted by atomic mass is 9.96. The average molecular weight is 531 g/mol. The monoisotopic (exact) mass is 530 g/mol. The van der Waals surface area contributed by atoms with Gasteiger partial charge in [0.25, 0.3) is 0 Å². The highest BCUT2D eigenvalue weighted by molar-refractivity contribution is 6.02. The maximum absolute atomic E-state index is 13.3. The maximum Gasteiger partial charge on any atom is 0.433 e. The zero-order valence-corrected chi connectivity index (χ0v) is 21.9. The van der Waals surface area contributed by atoms with E-state index < -0.39 is 35.5 Å². The standard InChI is InChI=1S/C27H29F3N4O4/c1-15-10-11-16(2)34(15)18-12-17-13-19(31-25(36)38-26(3,4)5)24(35)33(6)23(17)20(14-18)37-22-9-7-8-21(32-22)27(28,29)30/h7-12,14,19H,13H2,1-6H3,(H,31,36). The van der Waals surface area contributed by atoms with Gasteiger partial charge in [0.05, 0.1) is 5.69 Å². The number of pyridine rings is 1. The number of ether oxygens (including phenoxy) is 2. The Hall–Kier alpha value is -4.02. The third kappa shape index (κ3) is 5.61. The fourth-order valence-electron chi connectivity index (χ4n) is 4.42. The molecule has 0 radical (unpaired) electrons. The molecule has 0 saturated carbocycles. The summed E-state index contributed by atoms with van der Waals surface area (Å²) < 4.78 is 53.0. The van der Waals surface area contributed by atoms with Gasteiger partial charge in [-0.25, -0.2) is 9.78 Å². The van der Waals surface area contributed by atoms with Crippen LogP contribution in [0.4, 0.5) is 23.7 Å². The van der Waals surface area contributed by atoms with E-state index in [-0.39, 0.29) is 18.1 Å². The minimum absolute atomic E-state index is 0.122. The van der Waals surface area contributed by atoms with Crippen LogP contribution in [-0.4, -0.2) is 40.2 Å². The number of carbonyl (C=O) groups is 2. The molecule has 3 heterocycles. The number of fused-ring (bicyclic) bond motifs is 1. The van der Waals surface area contributed by atoms with Crippen molar-refractivity contribution in [2.24, 2.45) is 0 Å². The molecule has 0 fully saturated rings. The second kappa shape index (κ2) is 9.70. The zero-order chi connectivity index (χ0) is 28.0. The van der Waals surface area contributed by atoms with Crippen LogP contribution in [-0.2, 0) is 22.1 Å². The highest BCUT2D eigenvalue weighted by Crippen LogP contribution is 2.41. The Labute approximate surface area is 218 Å². The number of nitrogens with zero attached hydrogens (tertiary/aromatic N) is 3.